The summed E-state index contributed by atoms with van der Waals surface area (Å²) in [5.74, 6) is 1.30. The lowest BCUT2D eigenvalue weighted by Crippen LogP contribution is -2.26. The van der Waals surface area contributed by atoms with E-state index in [1.165, 1.54) is 6.33 Å². The summed E-state index contributed by atoms with van der Waals surface area (Å²) >= 11 is 0. The van der Waals surface area contributed by atoms with Crippen molar-refractivity contribution in [2.75, 3.05) is 0 Å². The van der Waals surface area contributed by atoms with E-state index in [4.69, 9.17) is 0 Å². The molecule has 0 spiro atoms. The van der Waals surface area contributed by atoms with Gasteiger partial charge in [-0.3, -0.25) is 9.36 Å². The standard InChI is InChI=1S/C22H20N8O/c1-2-5-18-25-21-19(23-13-24-21)22(31)30(18)12-14-8-10-15(11-9-14)16-6-3-4-7-17(16)20-26-28-29-27-20/h3-4,6-11,13H,2,5,12H2,1H3,(H,23,24)(H,26,27,28,29). The van der Waals surface area contributed by atoms with Crippen LogP contribution in [0.2, 0.25) is 0 Å². The highest BCUT2D eigenvalue weighted by Gasteiger charge is 2.14. The molecule has 0 atom stereocenters. The molecule has 0 unspecified atom stereocenters. The zero-order valence-corrected chi connectivity index (χ0v) is 16.9. The molecule has 3 heterocycles. The molecular formula is C22H20N8O. The zero-order chi connectivity index (χ0) is 21.2. The second kappa shape index (κ2) is 7.94. The highest BCUT2D eigenvalue weighted by Crippen LogP contribution is 2.29. The minimum atomic E-state index is -0.0996. The van der Waals surface area contributed by atoms with Crippen molar-refractivity contribution in [3.05, 3.63) is 76.6 Å². The smallest absolute Gasteiger partial charge is 0.279 e. The van der Waals surface area contributed by atoms with E-state index >= 15 is 0 Å². The zero-order valence-electron chi connectivity index (χ0n) is 16.9. The maximum Gasteiger partial charge on any atom is 0.279 e. The highest BCUT2D eigenvalue weighted by atomic mass is 16.1. The molecule has 0 saturated heterocycles. The predicted molar refractivity (Wildman–Crippen MR) is 116 cm³/mol. The number of nitrogens with one attached hydrogen (secondary N) is 2. The average molecular weight is 412 g/mol. The third kappa shape index (κ3) is 3.50. The Kier molecular flexibility index (Phi) is 4.83. The number of tetrazole rings is 1. The van der Waals surface area contributed by atoms with E-state index in [1.54, 1.807) is 4.57 Å². The van der Waals surface area contributed by atoms with Gasteiger partial charge in [0, 0.05) is 12.0 Å². The maximum absolute atomic E-state index is 13.0. The van der Waals surface area contributed by atoms with Crippen LogP contribution in [0, 0.1) is 0 Å². The molecule has 0 radical (unpaired) electrons. The summed E-state index contributed by atoms with van der Waals surface area (Å²) in [6.45, 7) is 2.52. The molecule has 0 fully saturated rings. The summed E-state index contributed by atoms with van der Waals surface area (Å²) in [7, 11) is 0. The Morgan fingerprint density at radius 1 is 1.03 bits per heavy atom. The number of nitrogens with zero attached hydrogens (tertiary/aromatic N) is 6. The van der Waals surface area contributed by atoms with Gasteiger partial charge in [0.05, 0.1) is 12.9 Å². The van der Waals surface area contributed by atoms with Crippen LogP contribution >= 0.6 is 0 Å². The fourth-order valence-corrected chi connectivity index (χ4v) is 3.72. The van der Waals surface area contributed by atoms with Gasteiger partial charge in [-0.15, -0.1) is 10.2 Å². The van der Waals surface area contributed by atoms with E-state index in [0.717, 1.165) is 34.5 Å². The molecular weight excluding hydrogens is 392 g/mol. The molecule has 5 rings (SSSR count). The number of aromatic amines is 2. The molecule has 0 aliphatic heterocycles. The van der Waals surface area contributed by atoms with Crippen LogP contribution in [-0.2, 0) is 13.0 Å². The summed E-state index contributed by atoms with van der Waals surface area (Å²) < 4.78 is 1.73. The van der Waals surface area contributed by atoms with Gasteiger partial charge >= 0.3 is 0 Å². The SMILES string of the molecule is CCCc1nc2nc[nH]c2c(=O)n1Cc1ccc(-c2ccccc2-c2nn[nH]n2)cc1. The number of rotatable bonds is 6. The van der Waals surface area contributed by atoms with Gasteiger partial charge in [-0.1, -0.05) is 55.5 Å². The fourth-order valence-electron chi connectivity index (χ4n) is 3.72. The monoisotopic (exact) mass is 412 g/mol. The summed E-state index contributed by atoms with van der Waals surface area (Å²) in [4.78, 5) is 24.6. The van der Waals surface area contributed by atoms with Crippen molar-refractivity contribution in [2.24, 2.45) is 0 Å². The maximum atomic E-state index is 13.0. The first kappa shape index (κ1) is 18.9. The van der Waals surface area contributed by atoms with E-state index in [2.05, 4.69) is 42.5 Å². The van der Waals surface area contributed by atoms with Crippen molar-refractivity contribution in [2.45, 2.75) is 26.3 Å². The second-order valence-electron chi connectivity index (χ2n) is 7.25. The Labute approximate surface area is 177 Å². The number of fused-ring (bicyclic) bond motifs is 1. The number of aromatic nitrogens is 8. The Balaban J connectivity index is 1.50. The van der Waals surface area contributed by atoms with E-state index < -0.39 is 0 Å². The van der Waals surface area contributed by atoms with Crippen molar-refractivity contribution in [3.8, 4) is 22.5 Å². The normalized spacial score (nSPS) is 11.3. The molecule has 0 saturated carbocycles. The van der Waals surface area contributed by atoms with Crippen LogP contribution < -0.4 is 5.56 Å². The van der Waals surface area contributed by atoms with Gasteiger partial charge in [0.25, 0.3) is 5.56 Å². The number of hydrogen-bond acceptors (Lipinski definition) is 6. The van der Waals surface area contributed by atoms with Gasteiger partial charge in [0.15, 0.2) is 11.2 Å². The third-order valence-corrected chi connectivity index (χ3v) is 5.22. The van der Waals surface area contributed by atoms with Crippen molar-refractivity contribution >= 4 is 11.2 Å². The molecule has 0 aliphatic rings. The van der Waals surface area contributed by atoms with Crippen molar-refractivity contribution < 1.29 is 0 Å². The Morgan fingerprint density at radius 3 is 2.58 bits per heavy atom. The van der Waals surface area contributed by atoms with Crippen molar-refractivity contribution in [1.29, 1.82) is 0 Å². The molecule has 154 valence electrons. The lowest BCUT2D eigenvalue weighted by atomic mass is 9.98. The van der Waals surface area contributed by atoms with Gasteiger partial charge in [0.2, 0.25) is 5.82 Å². The van der Waals surface area contributed by atoms with Crippen LogP contribution in [0.1, 0.15) is 24.7 Å². The first-order valence-electron chi connectivity index (χ1n) is 10.1. The number of H-pyrrole nitrogens is 2. The molecule has 0 aliphatic carbocycles. The number of benzene rings is 2. The summed E-state index contributed by atoms with van der Waals surface area (Å²) in [5, 5.41) is 14.4. The van der Waals surface area contributed by atoms with Gasteiger partial charge in [-0.05, 0) is 28.3 Å². The minimum absolute atomic E-state index is 0.0996. The molecule has 5 aromatic rings. The number of hydrogen-bond donors (Lipinski definition) is 2. The van der Waals surface area contributed by atoms with Crippen LogP contribution in [-0.4, -0.2) is 40.1 Å². The molecule has 0 bridgehead atoms. The minimum Gasteiger partial charge on any atom is -0.339 e. The Morgan fingerprint density at radius 2 is 1.84 bits per heavy atom. The second-order valence-corrected chi connectivity index (χ2v) is 7.25. The summed E-state index contributed by atoms with van der Waals surface area (Å²) in [6.07, 6.45) is 3.12. The van der Waals surface area contributed by atoms with Crippen LogP contribution in [0.4, 0.5) is 0 Å². The van der Waals surface area contributed by atoms with Gasteiger partial charge in [-0.2, -0.15) is 5.21 Å². The molecule has 0 amide bonds. The van der Waals surface area contributed by atoms with E-state index in [-0.39, 0.29) is 5.56 Å². The quantitative estimate of drug-likeness (QED) is 0.443. The van der Waals surface area contributed by atoms with Crippen LogP contribution in [0.3, 0.4) is 0 Å². The molecule has 2 N–H and O–H groups in total. The van der Waals surface area contributed by atoms with Gasteiger partial charge < -0.3 is 4.98 Å². The lowest BCUT2D eigenvalue weighted by Gasteiger charge is -2.12. The van der Waals surface area contributed by atoms with Crippen LogP contribution in [0.25, 0.3) is 33.7 Å². The molecule has 2 aromatic carbocycles. The molecule has 31 heavy (non-hydrogen) atoms. The number of aryl methyl sites for hydroxylation is 1. The topological polar surface area (TPSA) is 118 Å². The Hall–Kier alpha value is -4.14. The first-order valence-corrected chi connectivity index (χ1v) is 10.1. The van der Waals surface area contributed by atoms with E-state index in [9.17, 15) is 4.79 Å². The fraction of sp³-hybridized carbons (Fsp3) is 0.182. The molecule has 9 heteroatoms. The Bertz CT molecular complexity index is 1380. The first-order chi connectivity index (χ1) is 15.2. The highest BCUT2D eigenvalue weighted by molar-refractivity contribution is 5.80. The van der Waals surface area contributed by atoms with Crippen LogP contribution in [0.15, 0.2) is 59.7 Å². The summed E-state index contributed by atoms with van der Waals surface area (Å²) in [6, 6.07) is 16.1. The number of imidazole rings is 1. The van der Waals surface area contributed by atoms with Gasteiger partial charge in [-0.25, -0.2) is 9.97 Å². The van der Waals surface area contributed by atoms with E-state index in [0.29, 0.717) is 30.0 Å². The largest absolute Gasteiger partial charge is 0.339 e. The van der Waals surface area contributed by atoms with E-state index in [1.807, 2.05) is 48.5 Å². The average Bonchev–Trinajstić information content (AvgIpc) is 3.49. The third-order valence-electron chi connectivity index (χ3n) is 5.22. The molecule has 3 aromatic heterocycles. The van der Waals surface area contributed by atoms with Crippen LogP contribution in [0.5, 0.6) is 0 Å². The summed E-state index contributed by atoms with van der Waals surface area (Å²) in [5.41, 5.74) is 4.77. The molecule has 9 nitrogen and oxygen atoms in total. The van der Waals surface area contributed by atoms with Crippen molar-refractivity contribution in [1.82, 2.24) is 40.1 Å². The van der Waals surface area contributed by atoms with Gasteiger partial charge in [0.1, 0.15) is 5.82 Å². The lowest BCUT2D eigenvalue weighted by molar-refractivity contribution is 0.663. The predicted octanol–water partition coefficient (Wildman–Crippen LogP) is 2.97. The van der Waals surface area contributed by atoms with Crippen molar-refractivity contribution in [3.63, 3.8) is 0 Å².